The zero-order valence-electron chi connectivity index (χ0n) is 7.69. The van der Waals surface area contributed by atoms with E-state index < -0.39 is 0 Å². The Labute approximate surface area is 86.0 Å². The number of nitrogen functional groups attached to an aromatic ring is 1. The van der Waals surface area contributed by atoms with Crippen molar-refractivity contribution >= 4 is 16.5 Å². The molecule has 2 aromatic rings. The number of phenolic OH excluding ortho intramolecular Hbond substituents is 1. The molecule has 0 aliphatic heterocycles. The third kappa shape index (κ3) is 1.44. The molecule has 1 aromatic heterocycles. The van der Waals surface area contributed by atoms with Gasteiger partial charge in [0, 0.05) is 11.1 Å². The van der Waals surface area contributed by atoms with Gasteiger partial charge < -0.3 is 10.8 Å². The Hall–Kier alpha value is -1.55. The molecule has 0 radical (unpaired) electrons. The molecule has 0 amide bonds. The van der Waals surface area contributed by atoms with Crippen molar-refractivity contribution in [2.45, 2.75) is 6.92 Å². The number of nitrogens with zero attached hydrogens (tertiary/aromatic N) is 1. The van der Waals surface area contributed by atoms with Crippen LogP contribution in [0.15, 0.2) is 24.3 Å². The van der Waals surface area contributed by atoms with Crippen LogP contribution in [0.1, 0.15) is 5.56 Å². The standard InChI is InChI=1S/C10H10N2OS/c1-6-9(12-14-10(6)11)7-2-4-8(13)5-3-7/h2-5,13H,11H2,1H3. The van der Waals surface area contributed by atoms with Gasteiger partial charge in [0.15, 0.2) is 0 Å². The minimum Gasteiger partial charge on any atom is -0.508 e. The van der Waals surface area contributed by atoms with Gasteiger partial charge in [-0.15, -0.1) is 0 Å². The van der Waals surface area contributed by atoms with Crippen LogP contribution < -0.4 is 5.73 Å². The van der Waals surface area contributed by atoms with E-state index in [1.54, 1.807) is 12.1 Å². The van der Waals surface area contributed by atoms with Crippen LogP contribution in [-0.2, 0) is 0 Å². The van der Waals surface area contributed by atoms with Gasteiger partial charge in [0.25, 0.3) is 0 Å². The molecular weight excluding hydrogens is 196 g/mol. The minimum atomic E-state index is 0.259. The highest BCUT2D eigenvalue weighted by Crippen LogP contribution is 2.29. The summed E-state index contributed by atoms with van der Waals surface area (Å²) in [4.78, 5) is 0. The molecule has 0 bridgehead atoms. The third-order valence-electron chi connectivity index (χ3n) is 2.10. The average molecular weight is 206 g/mol. The molecule has 1 aromatic carbocycles. The Morgan fingerprint density at radius 2 is 1.93 bits per heavy atom. The van der Waals surface area contributed by atoms with Gasteiger partial charge in [-0.05, 0) is 42.7 Å². The lowest BCUT2D eigenvalue weighted by Gasteiger charge is -1.98. The van der Waals surface area contributed by atoms with Crippen molar-refractivity contribution in [2.75, 3.05) is 5.73 Å². The normalized spacial score (nSPS) is 10.4. The molecule has 0 aliphatic rings. The van der Waals surface area contributed by atoms with Crippen molar-refractivity contribution in [3.05, 3.63) is 29.8 Å². The number of hydrogen-bond donors (Lipinski definition) is 2. The van der Waals surface area contributed by atoms with Crippen molar-refractivity contribution in [3.8, 4) is 17.0 Å². The molecule has 0 fully saturated rings. The summed E-state index contributed by atoms with van der Waals surface area (Å²) in [5.74, 6) is 0.259. The highest BCUT2D eigenvalue weighted by Gasteiger charge is 2.08. The number of hydrogen-bond acceptors (Lipinski definition) is 4. The topological polar surface area (TPSA) is 59.1 Å². The van der Waals surface area contributed by atoms with E-state index in [4.69, 9.17) is 10.8 Å². The number of aromatic hydroxyl groups is 1. The summed E-state index contributed by atoms with van der Waals surface area (Å²) in [5, 5.41) is 9.88. The second-order valence-electron chi connectivity index (χ2n) is 3.07. The van der Waals surface area contributed by atoms with Crippen LogP contribution in [0.2, 0.25) is 0 Å². The fourth-order valence-electron chi connectivity index (χ4n) is 1.24. The Bertz CT molecular complexity index is 448. The van der Waals surface area contributed by atoms with Crippen LogP contribution in [0.25, 0.3) is 11.3 Å². The van der Waals surface area contributed by atoms with E-state index in [1.165, 1.54) is 11.5 Å². The van der Waals surface area contributed by atoms with Crippen LogP contribution in [0, 0.1) is 6.92 Å². The first-order valence-electron chi connectivity index (χ1n) is 4.19. The molecule has 0 unspecified atom stereocenters. The van der Waals surface area contributed by atoms with Crippen molar-refractivity contribution in [2.24, 2.45) is 0 Å². The molecule has 14 heavy (non-hydrogen) atoms. The van der Waals surface area contributed by atoms with Gasteiger partial charge >= 0.3 is 0 Å². The van der Waals surface area contributed by atoms with E-state index in [9.17, 15) is 0 Å². The predicted octanol–water partition coefficient (Wildman–Crippen LogP) is 2.41. The molecule has 3 N–H and O–H groups in total. The molecule has 3 nitrogen and oxygen atoms in total. The Morgan fingerprint density at radius 3 is 2.43 bits per heavy atom. The zero-order chi connectivity index (χ0) is 10.1. The van der Waals surface area contributed by atoms with E-state index >= 15 is 0 Å². The van der Waals surface area contributed by atoms with Crippen molar-refractivity contribution in [1.29, 1.82) is 0 Å². The summed E-state index contributed by atoms with van der Waals surface area (Å²) in [6, 6.07) is 6.95. The minimum absolute atomic E-state index is 0.259. The lowest BCUT2D eigenvalue weighted by molar-refractivity contribution is 0.475. The molecule has 0 saturated heterocycles. The maximum atomic E-state index is 9.14. The zero-order valence-corrected chi connectivity index (χ0v) is 8.51. The molecule has 72 valence electrons. The molecule has 2 rings (SSSR count). The molecule has 0 saturated carbocycles. The van der Waals surface area contributed by atoms with Crippen LogP contribution in [-0.4, -0.2) is 9.48 Å². The van der Waals surface area contributed by atoms with Crippen molar-refractivity contribution in [1.82, 2.24) is 4.37 Å². The van der Waals surface area contributed by atoms with Crippen LogP contribution in [0.4, 0.5) is 5.00 Å². The SMILES string of the molecule is Cc1c(-c2ccc(O)cc2)nsc1N. The van der Waals surface area contributed by atoms with E-state index in [0.29, 0.717) is 0 Å². The highest BCUT2D eigenvalue weighted by molar-refractivity contribution is 7.10. The first-order valence-corrected chi connectivity index (χ1v) is 4.97. The van der Waals surface area contributed by atoms with Gasteiger partial charge in [0.2, 0.25) is 0 Å². The van der Waals surface area contributed by atoms with Gasteiger partial charge in [-0.2, -0.15) is 4.37 Å². The number of anilines is 1. The molecule has 0 aliphatic carbocycles. The van der Waals surface area contributed by atoms with Crippen LogP contribution >= 0.6 is 11.5 Å². The number of aromatic nitrogens is 1. The number of benzene rings is 1. The first-order chi connectivity index (χ1) is 6.68. The third-order valence-corrected chi connectivity index (χ3v) is 2.88. The second kappa shape index (κ2) is 3.31. The van der Waals surface area contributed by atoms with E-state index in [1.807, 2.05) is 19.1 Å². The van der Waals surface area contributed by atoms with Gasteiger partial charge in [0.1, 0.15) is 10.8 Å². The smallest absolute Gasteiger partial charge is 0.115 e. The van der Waals surface area contributed by atoms with Crippen molar-refractivity contribution < 1.29 is 5.11 Å². The monoisotopic (exact) mass is 206 g/mol. The lowest BCUT2D eigenvalue weighted by atomic mass is 10.1. The maximum absolute atomic E-state index is 9.14. The molecule has 4 heteroatoms. The predicted molar refractivity (Wildman–Crippen MR) is 58.4 cm³/mol. The first kappa shape index (κ1) is 9.02. The van der Waals surface area contributed by atoms with Crippen LogP contribution in [0.5, 0.6) is 5.75 Å². The molecule has 0 atom stereocenters. The molecule has 1 heterocycles. The molecule has 0 spiro atoms. The Balaban J connectivity index is 2.49. The summed E-state index contributed by atoms with van der Waals surface area (Å²) in [6.45, 7) is 1.95. The van der Waals surface area contributed by atoms with E-state index in [0.717, 1.165) is 21.8 Å². The number of nitrogens with two attached hydrogens (primary N) is 1. The fraction of sp³-hybridized carbons (Fsp3) is 0.100. The fourth-order valence-corrected chi connectivity index (χ4v) is 1.90. The van der Waals surface area contributed by atoms with Crippen LogP contribution in [0.3, 0.4) is 0 Å². The van der Waals surface area contributed by atoms with E-state index in [2.05, 4.69) is 4.37 Å². The Kier molecular flexibility index (Phi) is 2.13. The summed E-state index contributed by atoms with van der Waals surface area (Å²) >= 11 is 1.30. The summed E-state index contributed by atoms with van der Waals surface area (Å²) in [5.41, 5.74) is 8.59. The maximum Gasteiger partial charge on any atom is 0.115 e. The number of rotatable bonds is 1. The summed E-state index contributed by atoms with van der Waals surface area (Å²) < 4.78 is 4.25. The summed E-state index contributed by atoms with van der Waals surface area (Å²) in [6.07, 6.45) is 0. The highest BCUT2D eigenvalue weighted by atomic mass is 32.1. The summed E-state index contributed by atoms with van der Waals surface area (Å²) in [7, 11) is 0. The van der Waals surface area contributed by atoms with Crippen molar-refractivity contribution in [3.63, 3.8) is 0 Å². The average Bonchev–Trinajstić information content (AvgIpc) is 2.50. The second-order valence-corrected chi connectivity index (χ2v) is 3.87. The van der Waals surface area contributed by atoms with Gasteiger partial charge in [0.05, 0.1) is 5.69 Å². The van der Waals surface area contributed by atoms with Gasteiger partial charge in [-0.1, -0.05) is 0 Å². The lowest BCUT2D eigenvalue weighted by Crippen LogP contribution is -1.84. The van der Waals surface area contributed by atoms with Gasteiger partial charge in [-0.3, -0.25) is 0 Å². The Morgan fingerprint density at radius 1 is 1.29 bits per heavy atom. The van der Waals surface area contributed by atoms with E-state index in [-0.39, 0.29) is 5.75 Å². The molecular formula is C10H10N2OS. The quantitative estimate of drug-likeness (QED) is 0.753. The number of phenols is 1. The van der Waals surface area contributed by atoms with Gasteiger partial charge in [-0.25, -0.2) is 0 Å². The largest absolute Gasteiger partial charge is 0.508 e.